The molecule has 0 aliphatic heterocycles. The van der Waals surface area contributed by atoms with Crippen LogP contribution in [0.1, 0.15) is 24.7 Å². The van der Waals surface area contributed by atoms with Gasteiger partial charge in [-0.25, -0.2) is 4.98 Å². The van der Waals surface area contributed by atoms with Gasteiger partial charge in [-0.15, -0.1) is 5.10 Å². The lowest BCUT2D eigenvalue weighted by Gasteiger charge is -2.02. The van der Waals surface area contributed by atoms with Crippen molar-refractivity contribution in [2.24, 2.45) is 0 Å². The van der Waals surface area contributed by atoms with Crippen LogP contribution < -0.4 is 0 Å². The molecule has 0 bridgehead atoms. The Morgan fingerprint density at radius 2 is 2.40 bits per heavy atom. The maximum absolute atomic E-state index is 8.73. The van der Waals surface area contributed by atoms with E-state index in [9.17, 15) is 0 Å². The minimum Gasteiger partial charge on any atom is -0.307 e. The molecule has 0 saturated heterocycles. The van der Waals surface area contributed by atoms with Crippen LogP contribution in [0.5, 0.6) is 0 Å². The van der Waals surface area contributed by atoms with Crippen molar-refractivity contribution < 1.29 is 0 Å². The largest absolute Gasteiger partial charge is 0.307 e. The molecule has 0 unspecified atom stereocenters. The van der Waals surface area contributed by atoms with E-state index in [1.165, 1.54) is 0 Å². The molecule has 0 atom stereocenters. The fourth-order valence-corrected chi connectivity index (χ4v) is 1.80. The smallest absolute Gasteiger partial charge is 0.182 e. The zero-order valence-corrected chi connectivity index (χ0v) is 8.09. The maximum atomic E-state index is 8.73. The molecule has 1 aliphatic carbocycles. The third-order valence-corrected chi connectivity index (χ3v) is 2.59. The minimum absolute atomic E-state index is 0.340. The highest BCUT2D eigenvalue weighted by Crippen LogP contribution is 2.37. The number of nitriles is 1. The molecule has 0 amide bonds. The molecule has 1 saturated carbocycles. The summed E-state index contributed by atoms with van der Waals surface area (Å²) >= 11 is 0. The van der Waals surface area contributed by atoms with Crippen LogP contribution in [-0.2, 0) is 6.42 Å². The summed E-state index contributed by atoms with van der Waals surface area (Å²) in [6, 6.07) is 4.45. The van der Waals surface area contributed by atoms with Crippen LogP contribution in [0.3, 0.4) is 0 Å². The van der Waals surface area contributed by atoms with Gasteiger partial charge in [-0.2, -0.15) is 10.4 Å². The number of imidazole rings is 1. The van der Waals surface area contributed by atoms with Crippen molar-refractivity contribution in [2.45, 2.75) is 25.3 Å². The molecular weight excluding hydrogens is 190 g/mol. The van der Waals surface area contributed by atoms with Crippen LogP contribution in [0.4, 0.5) is 0 Å². The summed E-state index contributed by atoms with van der Waals surface area (Å²) in [6.07, 6.45) is 4.27. The lowest BCUT2D eigenvalue weighted by atomic mass is 10.4. The second kappa shape index (κ2) is 3.02. The predicted molar refractivity (Wildman–Crippen MR) is 52.9 cm³/mol. The van der Waals surface area contributed by atoms with Gasteiger partial charge in [0.1, 0.15) is 11.3 Å². The van der Waals surface area contributed by atoms with Gasteiger partial charge in [0.2, 0.25) is 0 Å². The topological polar surface area (TPSA) is 67.4 Å². The van der Waals surface area contributed by atoms with E-state index in [4.69, 9.17) is 5.26 Å². The van der Waals surface area contributed by atoms with Crippen LogP contribution in [0.25, 0.3) is 11.2 Å². The van der Waals surface area contributed by atoms with Gasteiger partial charge in [0.25, 0.3) is 0 Å². The molecule has 3 rings (SSSR count). The summed E-state index contributed by atoms with van der Waals surface area (Å²) in [4.78, 5) is 4.40. The molecule has 15 heavy (non-hydrogen) atoms. The third-order valence-electron chi connectivity index (χ3n) is 2.59. The Morgan fingerprint density at radius 1 is 1.53 bits per heavy atom. The molecule has 0 radical (unpaired) electrons. The lowest BCUT2D eigenvalue weighted by molar-refractivity contribution is 0.709. The number of aromatic nitrogens is 4. The number of hydrogen-bond donors (Lipinski definition) is 0. The fraction of sp³-hybridized carbons (Fsp3) is 0.400. The van der Waals surface area contributed by atoms with Gasteiger partial charge in [0.05, 0.1) is 18.7 Å². The van der Waals surface area contributed by atoms with Gasteiger partial charge in [-0.05, 0) is 18.9 Å². The molecule has 0 N–H and O–H groups in total. The predicted octanol–water partition coefficient (Wildman–Crippen LogP) is 1.23. The lowest BCUT2D eigenvalue weighted by Crippen LogP contribution is -2.01. The van der Waals surface area contributed by atoms with E-state index in [-0.39, 0.29) is 0 Å². The Bertz CT molecular complexity index is 546. The van der Waals surface area contributed by atoms with E-state index >= 15 is 0 Å². The average molecular weight is 199 g/mol. The second-order valence-corrected chi connectivity index (χ2v) is 3.70. The maximum Gasteiger partial charge on any atom is 0.182 e. The molecule has 1 fully saturated rings. The fourth-order valence-electron chi connectivity index (χ4n) is 1.80. The molecule has 74 valence electrons. The molecular formula is C10H9N5. The third kappa shape index (κ3) is 1.26. The van der Waals surface area contributed by atoms with Crippen molar-refractivity contribution >= 4 is 11.2 Å². The standard InChI is InChI=1S/C10H9N5/c11-5-3-9-13-8-4-6-12-14-10(8)15(9)7-1-2-7/h4,6-7H,1-3H2. The first-order valence-electron chi connectivity index (χ1n) is 4.95. The summed E-state index contributed by atoms with van der Waals surface area (Å²) in [5, 5.41) is 16.7. The first-order valence-corrected chi connectivity index (χ1v) is 4.95. The van der Waals surface area contributed by atoms with E-state index in [2.05, 4.69) is 25.8 Å². The highest BCUT2D eigenvalue weighted by molar-refractivity contribution is 5.70. The summed E-state index contributed by atoms with van der Waals surface area (Å²) in [5.41, 5.74) is 1.65. The Labute approximate surface area is 86.4 Å². The van der Waals surface area contributed by atoms with Crippen molar-refractivity contribution in [1.29, 1.82) is 5.26 Å². The summed E-state index contributed by atoms with van der Waals surface area (Å²) < 4.78 is 2.06. The van der Waals surface area contributed by atoms with Crippen molar-refractivity contribution in [3.8, 4) is 6.07 Å². The van der Waals surface area contributed by atoms with Gasteiger partial charge in [0, 0.05) is 6.04 Å². The van der Waals surface area contributed by atoms with Crippen molar-refractivity contribution in [1.82, 2.24) is 19.7 Å². The number of hydrogen-bond acceptors (Lipinski definition) is 4. The van der Waals surface area contributed by atoms with E-state index in [0.717, 1.165) is 29.8 Å². The van der Waals surface area contributed by atoms with E-state index in [1.807, 2.05) is 6.07 Å². The molecule has 1 aliphatic rings. The van der Waals surface area contributed by atoms with E-state index in [1.54, 1.807) is 6.20 Å². The number of nitrogens with zero attached hydrogens (tertiary/aromatic N) is 5. The molecule has 0 spiro atoms. The Kier molecular flexibility index (Phi) is 1.68. The molecule has 0 aromatic carbocycles. The van der Waals surface area contributed by atoms with Crippen LogP contribution in [0, 0.1) is 11.3 Å². The molecule has 2 aromatic rings. The Hall–Kier alpha value is -1.96. The van der Waals surface area contributed by atoms with Gasteiger partial charge >= 0.3 is 0 Å². The Balaban J connectivity index is 2.25. The van der Waals surface area contributed by atoms with Crippen molar-refractivity contribution in [2.75, 3.05) is 0 Å². The SMILES string of the molecule is N#CCc1nc2ccnnc2n1C1CC1. The van der Waals surface area contributed by atoms with Gasteiger partial charge < -0.3 is 4.57 Å². The molecule has 5 heteroatoms. The normalized spacial score (nSPS) is 15.4. The van der Waals surface area contributed by atoms with Crippen molar-refractivity contribution in [3.05, 3.63) is 18.1 Å². The highest BCUT2D eigenvalue weighted by atomic mass is 15.2. The van der Waals surface area contributed by atoms with Crippen LogP contribution in [-0.4, -0.2) is 19.7 Å². The Morgan fingerprint density at radius 3 is 3.13 bits per heavy atom. The molecule has 2 heterocycles. The zero-order valence-electron chi connectivity index (χ0n) is 8.09. The van der Waals surface area contributed by atoms with Gasteiger partial charge in [0.15, 0.2) is 5.65 Å². The van der Waals surface area contributed by atoms with E-state index in [0.29, 0.717) is 12.5 Å². The number of rotatable bonds is 2. The minimum atomic E-state index is 0.340. The highest BCUT2D eigenvalue weighted by Gasteiger charge is 2.28. The monoisotopic (exact) mass is 199 g/mol. The van der Waals surface area contributed by atoms with Crippen LogP contribution in [0.15, 0.2) is 12.3 Å². The average Bonchev–Trinajstić information content (AvgIpc) is 3.01. The quantitative estimate of drug-likeness (QED) is 0.729. The number of fused-ring (bicyclic) bond motifs is 1. The summed E-state index contributed by atoms with van der Waals surface area (Å²) in [6.45, 7) is 0. The molecule has 5 nitrogen and oxygen atoms in total. The summed E-state index contributed by atoms with van der Waals surface area (Å²) in [5.74, 6) is 0.815. The zero-order chi connectivity index (χ0) is 10.3. The van der Waals surface area contributed by atoms with Crippen LogP contribution >= 0.6 is 0 Å². The first kappa shape index (κ1) is 8.36. The van der Waals surface area contributed by atoms with Gasteiger partial charge in [-0.3, -0.25) is 0 Å². The van der Waals surface area contributed by atoms with Crippen LogP contribution in [0.2, 0.25) is 0 Å². The summed E-state index contributed by atoms with van der Waals surface area (Å²) in [7, 11) is 0. The second-order valence-electron chi connectivity index (χ2n) is 3.70. The molecule has 2 aromatic heterocycles. The van der Waals surface area contributed by atoms with E-state index < -0.39 is 0 Å². The van der Waals surface area contributed by atoms with Gasteiger partial charge in [-0.1, -0.05) is 0 Å². The van der Waals surface area contributed by atoms with Crippen molar-refractivity contribution in [3.63, 3.8) is 0 Å². The first-order chi connectivity index (χ1) is 7.40.